The van der Waals surface area contributed by atoms with Gasteiger partial charge in [0, 0.05) is 12.3 Å². The molecule has 126 valence electrons. The third kappa shape index (κ3) is 3.52. The van der Waals surface area contributed by atoms with Crippen LogP contribution in [0.4, 0.5) is 15.8 Å². The Balaban J connectivity index is 1.78. The van der Waals surface area contributed by atoms with E-state index >= 15 is 0 Å². The van der Waals surface area contributed by atoms with Crippen molar-refractivity contribution in [2.45, 2.75) is 0 Å². The van der Waals surface area contributed by atoms with Gasteiger partial charge in [-0.15, -0.1) is 0 Å². The van der Waals surface area contributed by atoms with E-state index in [2.05, 4.69) is 10.3 Å². The standard InChI is InChI=1S/C17H12FN3O4/c18-12-5-1-2-6-13(12)20-16(22)10-25-15-8-7-14(21(23)24)11-4-3-9-19-17(11)15/h1-9H,10H2,(H,20,22). The van der Waals surface area contributed by atoms with Gasteiger partial charge in [0.2, 0.25) is 0 Å². The second-order valence-electron chi connectivity index (χ2n) is 5.06. The molecule has 0 unspecified atom stereocenters. The molecule has 7 nitrogen and oxygen atoms in total. The lowest BCUT2D eigenvalue weighted by Gasteiger charge is -2.10. The van der Waals surface area contributed by atoms with Crippen molar-refractivity contribution in [1.29, 1.82) is 0 Å². The quantitative estimate of drug-likeness (QED) is 0.567. The minimum Gasteiger partial charge on any atom is -0.481 e. The van der Waals surface area contributed by atoms with Crippen molar-refractivity contribution in [2.24, 2.45) is 0 Å². The second-order valence-corrected chi connectivity index (χ2v) is 5.06. The number of hydrogen-bond acceptors (Lipinski definition) is 5. The summed E-state index contributed by atoms with van der Waals surface area (Å²) in [5, 5.41) is 13.8. The van der Waals surface area contributed by atoms with Crippen LogP contribution in [0.3, 0.4) is 0 Å². The lowest BCUT2D eigenvalue weighted by atomic mass is 10.1. The summed E-state index contributed by atoms with van der Waals surface area (Å²) in [6, 6.07) is 11.5. The Hall–Kier alpha value is -3.55. The third-order valence-corrected chi connectivity index (χ3v) is 3.41. The SMILES string of the molecule is O=C(COc1ccc([N+](=O)[O-])c2cccnc12)Nc1ccccc1F. The van der Waals surface area contributed by atoms with E-state index in [-0.39, 0.29) is 22.6 Å². The van der Waals surface area contributed by atoms with Crippen molar-refractivity contribution in [3.05, 3.63) is 70.7 Å². The molecule has 0 bridgehead atoms. The van der Waals surface area contributed by atoms with Gasteiger partial charge in [-0.2, -0.15) is 0 Å². The number of ether oxygens (including phenoxy) is 1. The van der Waals surface area contributed by atoms with Crippen LogP contribution < -0.4 is 10.1 Å². The van der Waals surface area contributed by atoms with Crippen LogP contribution in [0.15, 0.2) is 54.7 Å². The summed E-state index contributed by atoms with van der Waals surface area (Å²) in [4.78, 5) is 26.5. The predicted molar refractivity (Wildman–Crippen MR) is 88.9 cm³/mol. The molecule has 0 radical (unpaired) electrons. The number of aromatic nitrogens is 1. The summed E-state index contributed by atoms with van der Waals surface area (Å²) in [6.45, 7) is -0.391. The minimum absolute atomic E-state index is 0.0442. The summed E-state index contributed by atoms with van der Waals surface area (Å²) in [5.41, 5.74) is 0.212. The molecule has 1 aromatic heterocycles. The summed E-state index contributed by atoms with van der Waals surface area (Å²) in [6.07, 6.45) is 1.47. The van der Waals surface area contributed by atoms with E-state index in [0.29, 0.717) is 5.39 Å². The number of nitrogens with one attached hydrogen (secondary N) is 1. The molecule has 1 amide bonds. The minimum atomic E-state index is -0.562. The van der Waals surface area contributed by atoms with Gasteiger partial charge in [0.25, 0.3) is 11.6 Å². The zero-order chi connectivity index (χ0) is 17.8. The molecule has 8 heteroatoms. The van der Waals surface area contributed by atoms with E-state index in [0.717, 1.165) is 0 Å². The zero-order valence-corrected chi connectivity index (χ0v) is 12.8. The molecule has 0 aliphatic rings. The molecule has 1 heterocycles. The molecule has 0 saturated carbocycles. The number of hydrogen-bond donors (Lipinski definition) is 1. The fourth-order valence-electron chi connectivity index (χ4n) is 2.30. The van der Waals surface area contributed by atoms with Gasteiger partial charge in [-0.25, -0.2) is 4.39 Å². The fourth-order valence-corrected chi connectivity index (χ4v) is 2.30. The van der Waals surface area contributed by atoms with Gasteiger partial charge in [0.15, 0.2) is 6.61 Å². The number of anilines is 1. The van der Waals surface area contributed by atoms with Crippen molar-refractivity contribution in [1.82, 2.24) is 4.98 Å². The van der Waals surface area contributed by atoms with Gasteiger partial charge in [-0.05, 0) is 30.3 Å². The Kier molecular flexibility index (Phi) is 4.51. The van der Waals surface area contributed by atoms with Gasteiger partial charge in [0.05, 0.1) is 16.0 Å². The van der Waals surface area contributed by atoms with Crippen molar-refractivity contribution in [3.63, 3.8) is 0 Å². The Morgan fingerprint density at radius 3 is 2.76 bits per heavy atom. The summed E-state index contributed by atoms with van der Waals surface area (Å²) >= 11 is 0. The number of nitro groups is 1. The van der Waals surface area contributed by atoms with Crippen molar-refractivity contribution in [3.8, 4) is 5.75 Å². The predicted octanol–water partition coefficient (Wildman–Crippen LogP) is 3.30. The molecule has 3 aromatic rings. The Morgan fingerprint density at radius 2 is 2.00 bits per heavy atom. The van der Waals surface area contributed by atoms with Gasteiger partial charge in [0.1, 0.15) is 17.1 Å². The Bertz CT molecular complexity index is 962. The number of para-hydroxylation sites is 1. The molecule has 0 spiro atoms. The molecule has 2 aromatic carbocycles. The number of halogens is 1. The number of pyridine rings is 1. The largest absolute Gasteiger partial charge is 0.481 e. The molecule has 0 saturated heterocycles. The van der Waals surface area contributed by atoms with Crippen molar-refractivity contribution >= 4 is 28.2 Å². The van der Waals surface area contributed by atoms with Crippen LogP contribution in [-0.4, -0.2) is 22.4 Å². The smallest absolute Gasteiger partial charge is 0.279 e. The third-order valence-electron chi connectivity index (χ3n) is 3.41. The average molecular weight is 341 g/mol. The normalized spacial score (nSPS) is 10.4. The second kappa shape index (κ2) is 6.91. The van der Waals surface area contributed by atoms with Gasteiger partial charge < -0.3 is 10.1 Å². The molecule has 0 atom stereocenters. The molecular formula is C17H12FN3O4. The number of nitrogens with zero attached hydrogens (tertiary/aromatic N) is 2. The average Bonchev–Trinajstić information content (AvgIpc) is 2.61. The van der Waals surface area contributed by atoms with Crippen LogP contribution in [0, 0.1) is 15.9 Å². The lowest BCUT2D eigenvalue weighted by molar-refractivity contribution is -0.383. The van der Waals surface area contributed by atoms with E-state index in [9.17, 15) is 19.3 Å². The highest BCUT2D eigenvalue weighted by Gasteiger charge is 2.16. The number of benzene rings is 2. The van der Waals surface area contributed by atoms with Crippen molar-refractivity contribution < 1.29 is 18.8 Å². The topological polar surface area (TPSA) is 94.4 Å². The maximum atomic E-state index is 13.5. The first-order valence-corrected chi connectivity index (χ1v) is 7.25. The Labute approximate surface area is 141 Å². The number of carbonyl (C=O) groups excluding carboxylic acids is 1. The highest BCUT2D eigenvalue weighted by molar-refractivity contribution is 5.94. The molecular weight excluding hydrogens is 329 g/mol. The first kappa shape index (κ1) is 16.3. The van der Waals surface area contributed by atoms with Crippen LogP contribution in [0.5, 0.6) is 5.75 Å². The first-order chi connectivity index (χ1) is 12.1. The number of non-ortho nitro benzene ring substituents is 1. The van der Waals surface area contributed by atoms with E-state index in [1.54, 1.807) is 18.2 Å². The van der Waals surface area contributed by atoms with Crippen LogP contribution in [0.2, 0.25) is 0 Å². The molecule has 0 fully saturated rings. The number of fused-ring (bicyclic) bond motifs is 1. The van der Waals surface area contributed by atoms with E-state index in [1.165, 1.54) is 36.5 Å². The van der Waals surface area contributed by atoms with E-state index < -0.39 is 23.3 Å². The number of amides is 1. The zero-order valence-electron chi connectivity index (χ0n) is 12.8. The summed E-state index contributed by atoms with van der Waals surface area (Å²) in [7, 11) is 0. The van der Waals surface area contributed by atoms with Crippen LogP contribution in [0.1, 0.15) is 0 Å². The van der Waals surface area contributed by atoms with Crippen molar-refractivity contribution in [2.75, 3.05) is 11.9 Å². The Morgan fingerprint density at radius 1 is 1.20 bits per heavy atom. The van der Waals surface area contributed by atoms with Gasteiger partial charge >= 0.3 is 0 Å². The molecule has 3 rings (SSSR count). The van der Waals surface area contributed by atoms with Gasteiger partial charge in [-0.3, -0.25) is 19.9 Å². The lowest BCUT2D eigenvalue weighted by Crippen LogP contribution is -2.20. The molecule has 0 aliphatic carbocycles. The van der Waals surface area contributed by atoms with Crippen LogP contribution >= 0.6 is 0 Å². The highest BCUT2D eigenvalue weighted by Crippen LogP contribution is 2.31. The number of rotatable bonds is 5. The number of carbonyl (C=O) groups is 1. The first-order valence-electron chi connectivity index (χ1n) is 7.25. The van der Waals surface area contributed by atoms with E-state index in [1.807, 2.05) is 0 Å². The van der Waals surface area contributed by atoms with Crippen LogP contribution in [0.25, 0.3) is 10.9 Å². The van der Waals surface area contributed by atoms with E-state index in [4.69, 9.17) is 4.74 Å². The molecule has 1 N–H and O–H groups in total. The molecule has 0 aliphatic heterocycles. The van der Waals surface area contributed by atoms with Gasteiger partial charge in [-0.1, -0.05) is 12.1 Å². The highest BCUT2D eigenvalue weighted by atomic mass is 19.1. The monoisotopic (exact) mass is 341 g/mol. The summed E-state index contributed by atoms with van der Waals surface area (Å²) in [5.74, 6) is -0.893. The maximum absolute atomic E-state index is 13.5. The number of nitro benzene ring substituents is 1. The fraction of sp³-hybridized carbons (Fsp3) is 0.0588. The molecule has 25 heavy (non-hydrogen) atoms. The van der Waals surface area contributed by atoms with Crippen LogP contribution in [-0.2, 0) is 4.79 Å². The summed E-state index contributed by atoms with van der Waals surface area (Å²) < 4.78 is 18.9. The maximum Gasteiger partial charge on any atom is 0.279 e.